The average molecular weight is 603 g/mol. The van der Waals surface area contributed by atoms with Crippen molar-refractivity contribution in [3.05, 3.63) is 39.9 Å². The standard InChI is InChI=1S/C29H51N2O7PS/c1-18(2)24(19(3)4)37-39(35,38-25(20(5)6)21(7)8)29(12,31(33)34)26(30-27(32)36-28(9,10)11)22-14-16-23(40-13)17-15-22/h14-21,24-26H,1-13H3,(H,30,32)/t26-,29+/m0/s1. The topological polar surface area (TPSA) is 117 Å². The number of carbonyl (C=O) groups excluding carboxylic acids is 1. The van der Waals surface area contributed by atoms with E-state index >= 15 is 4.57 Å². The lowest BCUT2D eigenvalue weighted by Crippen LogP contribution is -2.52. The Morgan fingerprint density at radius 3 is 1.57 bits per heavy atom. The summed E-state index contributed by atoms with van der Waals surface area (Å²) in [6, 6.07) is 5.56. The van der Waals surface area contributed by atoms with Crippen LogP contribution in [0.3, 0.4) is 0 Å². The summed E-state index contributed by atoms with van der Waals surface area (Å²) in [5.41, 5.74) is -0.480. The van der Waals surface area contributed by atoms with Crippen LogP contribution in [-0.2, 0) is 18.3 Å². The molecule has 11 heteroatoms. The third-order valence-electron chi connectivity index (χ3n) is 6.73. The van der Waals surface area contributed by atoms with Crippen LogP contribution < -0.4 is 5.32 Å². The van der Waals surface area contributed by atoms with Crippen LogP contribution in [0.25, 0.3) is 0 Å². The van der Waals surface area contributed by atoms with Crippen molar-refractivity contribution in [3.8, 4) is 0 Å². The smallest absolute Gasteiger partial charge is 0.409 e. The van der Waals surface area contributed by atoms with Gasteiger partial charge in [0.1, 0.15) is 11.6 Å². The van der Waals surface area contributed by atoms with Crippen LogP contribution >= 0.6 is 19.4 Å². The van der Waals surface area contributed by atoms with E-state index in [4.69, 9.17) is 13.8 Å². The number of alkyl carbamates (subject to hydrolysis) is 1. The summed E-state index contributed by atoms with van der Waals surface area (Å²) in [5, 5.41) is 13.5. The number of nitro groups is 1. The molecule has 0 unspecified atom stereocenters. The average Bonchev–Trinajstić information content (AvgIpc) is 2.82. The summed E-state index contributed by atoms with van der Waals surface area (Å²) in [7, 11) is -4.65. The molecule has 0 aliphatic carbocycles. The van der Waals surface area contributed by atoms with Gasteiger partial charge in [-0.1, -0.05) is 67.5 Å². The van der Waals surface area contributed by atoms with Gasteiger partial charge in [-0.25, -0.2) is 4.79 Å². The van der Waals surface area contributed by atoms with E-state index in [-0.39, 0.29) is 23.7 Å². The molecule has 0 heterocycles. The minimum absolute atomic E-state index is 0.109. The van der Waals surface area contributed by atoms with Gasteiger partial charge in [0.05, 0.1) is 12.2 Å². The van der Waals surface area contributed by atoms with E-state index < -0.39 is 47.7 Å². The normalized spacial score (nSPS) is 15.3. The van der Waals surface area contributed by atoms with E-state index in [1.54, 1.807) is 45.0 Å². The van der Waals surface area contributed by atoms with Crippen molar-refractivity contribution >= 4 is 25.5 Å². The minimum atomic E-state index is -4.65. The Balaban J connectivity index is 4.01. The van der Waals surface area contributed by atoms with Gasteiger partial charge in [0.2, 0.25) is 0 Å². The van der Waals surface area contributed by atoms with Crippen molar-refractivity contribution in [2.45, 2.75) is 117 Å². The zero-order valence-electron chi connectivity index (χ0n) is 26.5. The SMILES string of the molecule is CSc1ccc([C@H](NC(=O)OC(C)(C)C)[C@](C)([N+](=O)[O-])P(=O)(OC(C(C)C)C(C)C)OC(C(C)C)C(C)C)cc1. The summed E-state index contributed by atoms with van der Waals surface area (Å²) in [6.07, 6.45) is -0.171. The van der Waals surface area contributed by atoms with Crippen LogP contribution in [0.5, 0.6) is 0 Å². The highest BCUT2D eigenvalue weighted by Crippen LogP contribution is 2.67. The molecule has 0 aromatic heterocycles. The molecule has 0 bridgehead atoms. The van der Waals surface area contributed by atoms with Crippen molar-refractivity contribution < 1.29 is 28.1 Å². The molecule has 0 fully saturated rings. The Morgan fingerprint density at radius 2 is 1.27 bits per heavy atom. The number of nitrogens with one attached hydrogen (secondary N) is 1. The van der Waals surface area contributed by atoms with Gasteiger partial charge in [0.15, 0.2) is 0 Å². The maximum Gasteiger partial charge on any atom is 0.409 e. The second-order valence-electron chi connectivity index (χ2n) is 12.8. The minimum Gasteiger partial charge on any atom is -0.444 e. The molecule has 1 aromatic rings. The first-order chi connectivity index (χ1) is 18.2. The Kier molecular flexibility index (Phi) is 13.2. The van der Waals surface area contributed by atoms with E-state index in [2.05, 4.69) is 5.32 Å². The summed E-state index contributed by atoms with van der Waals surface area (Å²) < 4.78 is 33.4. The fourth-order valence-electron chi connectivity index (χ4n) is 4.71. The van der Waals surface area contributed by atoms with Gasteiger partial charge in [-0.15, -0.1) is 11.8 Å². The first kappa shape index (κ1) is 36.4. The fourth-order valence-corrected chi connectivity index (χ4v) is 7.94. The van der Waals surface area contributed by atoms with Gasteiger partial charge in [0.25, 0.3) is 0 Å². The lowest BCUT2D eigenvalue weighted by molar-refractivity contribution is -0.546. The molecule has 0 radical (unpaired) electrons. The van der Waals surface area contributed by atoms with E-state index in [1.165, 1.54) is 18.7 Å². The van der Waals surface area contributed by atoms with Crippen molar-refractivity contribution in [2.24, 2.45) is 23.7 Å². The quantitative estimate of drug-likeness (QED) is 0.0974. The van der Waals surface area contributed by atoms with Crippen molar-refractivity contribution in [3.63, 3.8) is 0 Å². The van der Waals surface area contributed by atoms with Crippen LogP contribution in [0.15, 0.2) is 29.2 Å². The van der Waals surface area contributed by atoms with Crippen LogP contribution in [0.1, 0.15) is 94.7 Å². The van der Waals surface area contributed by atoms with Crippen LogP contribution in [0, 0.1) is 33.8 Å². The van der Waals surface area contributed by atoms with Gasteiger partial charge >= 0.3 is 19.0 Å². The van der Waals surface area contributed by atoms with E-state index in [9.17, 15) is 14.9 Å². The predicted molar refractivity (Wildman–Crippen MR) is 162 cm³/mol. The first-order valence-corrected chi connectivity index (χ1v) is 16.7. The number of rotatable bonds is 14. The fraction of sp³-hybridized carbons (Fsp3) is 0.759. The maximum absolute atomic E-state index is 15.2. The molecule has 0 spiro atoms. The third kappa shape index (κ3) is 9.20. The molecule has 1 amide bonds. The Hall–Kier alpha value is -1.61. The summed E-state index contributed by atoms with van der Waals surface area (Å²) in [5.74, 6) is -0.435. The molecule has 1 aromatic carbocycles. The van der Waals surface area contributed by atoms with Gasteiger partial charge in [-0.05, 0) is 68.4 Å². The number of hydrogen-bond acceptors (Lipinski definition) is 8. The largest absolute Gasteiger partial charge is 0.444 e. The molecule has 40 heavy (non-hydrogen) atoms. The third-order valence-corrected chi connectivity index (χ3v) is 10.0. The van der Waals surface area contributed by atoms with Gasteiger partial charge < -0.3 is 10.1 Å². The molecule has 1 rings (SSSR count). The number of thioether (sulfide) groups is 1. The van der Waals surface area contributed by atoms with Gasteiger partial charge in [-0.2, -0.15) is 0 Å². The first-order valence-electron chi connectivity index (χ1n) is 13.9. The summed E-state index contributed by atoms with van der Waals surface area (Å²) >= 11 is 1.51. The van der Waals surface area contributed by atoms with Crippen LogP contribution in [-0.4, -0.2) is 40.4 Å². The number of benzene rings is 1. The predicted octanol–water partition coefficient (Wildman–Crippen LogP) is 8.55. The summed E-state index contributed by atoms with van der Waals surface area (Å²) in [6.45, 7) is 21.7. The summed E-state index contributed by atoms with van der Waals surface area (Å²) in [4.78, 5) is 26.6. The van der Waals surface area contributed by atoms with E-state index in [0.717, 1.165) is 4.90 Å². The molecule has 0 aliphatic heterocycles. The zero-order chi connectivity index (χ0) is 31.2. The number of ether oxygens (including phenoxy) is 1. The Bertz CT molecular complexity index is 982. The lowest BCUT2D eigenvalue weighted by Gasteiger charge is -2.41. The monoisotopic (exact) mass is 602 g/mol. The molecule has 0 saturated carbocycles. The molecule has 0 saturated heterocycles. The highest BCUT2D eigenvalue weighted by molar-refractivity contribution is 7.98. The molecule has 1 N–H and O–H groups in total. The second kappa shape index (κ2) is 14.5. The van der Waals surface area contributed by atoms with Crippen LogP contribution in [0.2, 0.25) is 0 Å². The lowest BCUT2D eigenvalue weighted by atomic mass is 9.97. The van der Waals surface area contributed by atoms with Crippen molar-refractivity contribution in [1.82, 2.24) is 5.32 Å². The highest BCUT2D eigenvalue weighted by atomic mass is 32.2. The van der Waals surface area contributed by atoms with Gasteiger partial charge in [0, 0.05) is 16.7 Å². The Labute approximate surface area is 245 Å². The number of carbonyl (C=O) groups is 1. The molecular formula is C29H51N2O7PS. The van der Waals surface area contributed by atoms with Crippen LogP contribution in [0.4, 0.5) is 4.79 Å². The molecule has 2 atom stereocenters. The number of hydrogen-bond donors (Lipinski definition) is 1. The molecule has 230 valence electrons. The number of nitrogens with zero attached hydrogens (tertiary/aromatic N) is 1. The highest BCUT2D eigenvalue weighted by Gasteiger charge is 2.66. The molecular weight excluding hydrogens is 551 g/mol. The van der Waals surface area contributed by atoms with Gasteiger partial charge in [-0.3, -0.25) is 23.7 Å². The zero-order valence-corrected chi connectivity index (χ0v) is 28.2. The molecule has 9 nitrogen and oxygen atoms in total. The second-order valence-corrected chi connectivity index (χ2v) is 16.0. The number of amides is 1. The maximum atomic E-state index is 15.2. The van der Waals surface area contributed by atoms with Crippen molar-refractivity contribution in [2.75, 3.05) is 6.26 Å². The molecule has 0 aliphatic rings. The van der Waals surface area contributed by atoms with E-state index in [0.29, 0.717) is 5.56 Å². The Morgan fingerprint density at radius 1 is 0.875 bits per heavy atom. The van der Waals surface area contributed by atoms with Crippen molar-refractivity contribution in [1.29, 1.82) is 0 Å². The van der Waals surface area contributed by atoms with E-state index in [1.807, 2.05) is 61.6 Å².